The number of ether oxygens (including phenoxy) is 1. The lowest BCUT2D eigenvalue weighted by molar-refractivity contribution is 0.209. The van der Waals surface area contributed by atoms with Gasteiger partial charge < -0.3 is 10.5 Å². The molecule has 0 aliphatic carbocycles. The molecule has 0 aliphatic heterocycles. The fraction of sp³-hybridized carbons (Fsp3) is 0.417. The molecular formula is C12H16N4O. The highest BCUT2D eigenvalue weighted by Gasteiger charge is 2.17. The molecule has 1 aromatic heterocycles. The van der Waals surface area contributed by atoms with E-state index in [-0.39, 0.29) is 11.5 Å². The number of hydrogen-bond donors (Lipinski definition) is 1. The zero-order valence-corrected chi connectivity index (χ0v) is 10.1. The van der Waals surface area contributed by atoms with Crippen LogP contribution >= 0.6 is 0 Å². The summed E-state index contributed by atoms with van der Waals surface area (Å²) in [5.41, 5.74) is 7.14. The van der Waals surface area contributed by atoms with Crippen LogP contribution in [0.25, 0.3) is 11.0 Å². The van der Waals surface area contributed by atoms with Gasteiger partial charge in [-0.05, 0) is 25.5 Å². The molecule has 0 amide bonds. The van der Waals surface area contributed by atoms with E-state index in [9.17, 15) is 0 Å². The van der Waals surface area contributed by atoms with E-state index in [2.05, 4.69) is 15.2 Å². The van der Waals surface area contributed by atoms with Crippen molar-refractivity contribution in [1.82, 2.24) is 15.2 Å². The van der Waals surface area contributed by atoms with Crippen LogP contribution in [0.4, 0.5) is 0 Å². The van der Waals surface area contributed by atoms with Crippen molar-refractivity contribution in [3.05, 3.63) is 24.3 Å². The Hall–Kier alpha value is -1.75. The third-order valence-corrected chi connectivity index (χ3v) is 2.68. The van der Waals surface area contributed by atoms with Gasteiger partial charge in [0.2, 0.25) is 0 Å². The molecule has 0 bridgehead atoms. The number of benzene rings is 1. The van der Waals surface area contributed by atoms with Gasteiger partial charge in [0.15, 0.2) is 0 Å². The second-order valence-corrected chi connectivity index (χ2v) is 4.38. The Morgan fingerprint density at radius 3 is 2.65 bits per heavy atom. The van der Waals surface area contributed by atoms with Crippen molar-refractivity contribution in [2.75, 3.05) is 6.61 Å². The molecule has 0 aliphatic rings. The molecule has 1 heterocycles. The monoisotopic (exact) mass is 232 g/mol. The molecule has 17 heavy (non-hydrogen) atoms. The molecule has 2 aromatic rings. The number of fused-ring (bicyclic) bond motifs is 1. The highest BCUT2D eigenvalue weighted by molar-refractivity contribution is 5.73. The van der Waals surface area contributed by atoms with Crippen LogP contribution in [0, 0.1) is 0 Å². The summed E-state index contributed by atoms with van der Waals surface area (Å²) in [6.45, 7) is 4.33. The molecule has 0 spiro atoms. The molecule has 5 nitrogen and oxygen atoms in total. The van der Waals surface area contributed by atoms with Crippen molar-refractivity contribution in [2.24, 2.45) is 5.73 Å². The van der Waals surface area contributed by atoms with E-state index in [4.69, 9.17) is 10.5 Å². The maximum Gasteiger partial charge on any atom is 0.336 e. The average molecular weight is 232 g/mol. The summed E-state index contributed by atoms with van der Waals surface area (Å²) in [5, 5.41) is 7.93. The van der Waals surface area contributed by atoms with Crippen LogP contribution in [0.1, 0.15) is 20.3 Å². The first-order chi connectivity index (χ1) is 8.11. The quantitative estimate of drug-likeness (QED) is 0.865. The molecule has 1 atom stereocenters. The molecule has 2 N–H and O–H groups in total. The minimum Gasteiger partial charge on any atom is -0.460 e. The van der Waals surface area contributed by atoms with Crippen molar-refractivity contribution < 1.29 is 4.74 Å². The summed E-state index contributed by atoms with van der Waals surface area (Å²) >= 11 is 0. The van der Waals surface area contributed by atoms with Crippen LogP contribution in [0.3, 0.4) is 0 Å². The molecule has 2 rings (SSSR count). The van der Waals surface area contributed by atoms with Crippen LogP contribution < -0.4 is 10.5 Å². The Morgan fingerprint density at radius 2 is 1.94 bits per heavy atom. The van der Waals surface area contributed by atoms with E-state index in [1.165, 1.54) is 0 Å². The lowest BCUT2D eigenvalue weighted by Gasteiger charge is -2.21. The number of nitrogens with zero attached hydrogens (tertiary/aromatic N) is 3. The molecule has 0 radical (unpaired) electrons. The first-order valence-electron chi connectivity index (χ1n) is 5.62. The van der Waals surface area contributed by atoms with Gasteiger partial charge in [0.1, 0.15) is 12.1 Å². The third kappa shape index (κ3) is 2.88. The number of nitrogens with two attached hydrogens (primary N) is 1. The number of hydrogen-bond acceptors (Lipinski definition) is 5. The van der Waals surface area contributed by atoms with Gasteiger partial charge >= 0.3 is 6.01 Å². The Labute approximate surface area is 100 Å². The van der Waals surface area contributed by atoms with E-state index in [0.717, 1.165) is 17.5 Å². The van der Waals surface area contributed by atoms with E-state index in [1.54, 1.807) is 0 Å². The summed E-state index contributed by atoms with van der Waals surface area (Å²) < 4.78 is 5.46. The fourth-order valence-corrected chi connectivity index (χ4v) is 1.26. The molecule has 90 valence electrons. The summed E-state index contributed by atoms with van der Waals surface area (Å²) in [6, 6.07) is 7.80. The molecule has 1 unspecified atom stereocenters. The number of aromatic nitrogens is 3. The minimum absolute atomic E-state index is 0.272. The number of para-hydroxylation sites is 1. The standard InChI is InChI=1S/C12H16N4O/c1-3-12(2,13)8-17-11-14-9-6-4-5-7-10(9)15-16-11/h4-7H,3,8,13H2,1-2H3. The van der Waals surface area contributed by atoms with Crippen molar-refractivity contribution in [1.29, 1.82) is 0 Å². The van der Waals surface area contributed by atoms with Gasteiger partial charge in [-0.3, -0.25) is 0 Å². The predicted molar refractivity (Wildman–Crippen MR) is 65.7 cm³/mol. The van der Waals surface area contributed by atoms with Crippen LogP contribution in [0.15, 0.2) is 24.3 Å². The van der Waals surface area contributed by atoms with Crippen molar-refractivity contribution in [2.45, 2.75) is 25.8 Å². The Bertz CT molecular complexity index is 513. The molecule has 1 aromatic carbocycles. The SMILES string of the molecule is CCC(C)(N)COc1nnc2ccccc2n1. The maximum absolute atomic E-state index is 5.98. The Kier molecular flexibility index (Phi) is 3.19. The molecule has 0 fully saturated rings. The zero-order valence-electron chi connectivity index (χ0n) is 10.1. The predicted octanol–water partition coefficient (Wildman–Crippen LogP) is 1.53. The number of rotatable bonds is 4. The maximum atomic E-state index is 5.98. The fourth-order valence-electron chi connectivity index (χ4n) is 1.26. The zero-order chi connectivity index (χ0) is 12.3. The van der Waals surface area contributed by atoms with Crippen LogP contribution in [0.5, 0.6) is 6.01 Å². The van der Waals surface area contributed by atoms with Gasteiger partial charge in [-0.25, -0.2) is 0 Å². The van der Waals surface area contributed by atoms with Crippen LogP contribution in [-0.2, 0) is 0 Å². The lowest BCUT2D eigenvalue weighted by Crippen LogP contribution is -2.41. The van der Waals surface area contributed by atoms with E-state index in [1.807, 2.05) is 38.1 Å². The van der Waals surface area contributed by atoms with E-state index in [0.29, 0.717) is 6.61 Å². The largest absolute Gasteiger partial charge is 0.460 e. The highest BCUT2D eigenvalue weighted by atomic mass is 16.5. The minimum atomic E-state index is -0.366. The van der Waals surface area contributed by atoms with Crippen molar-refractivity contribution in [3.8, 4) is 6.01 Å². The van der Waals surface area contributed by atoms with Crippen LogP contribution in [0.2, 0.25) is 0 Å². The van der Waals surface area contributed by atoms with Crippen LogP contribution in [-0.4, -0.2) is 27.3 Å². The van der Waals surface area contributed by atoms with E-state index < -0.39 is 0 Å². The normalized spacial score (nSPS) is 14.5. The van der Waals surface area contributed by atoms with Crippen molar-refractivity contribution in [3.63, 3.8) is 0 Å². The van der Waals surface area contributed by atoms with Gasteiger partial charge in [0.25, 0.3) is 0 Å². The second-order valence-electron chi connectivity index (χ2n) is 4.38. The summed E-state index contributed by atoms with van der Waals surface area (Å²) in [5.74, 6) is 0. The van der Waals surface area contributed by atoms with Gasteiger partial charge in [0, 0.05) is 5.54 Å². The molecular weight excluding hydrogens is 216 g/mol. The van der Waals surface area contributed by atoms with E-state index >= 15 is 0 Å². The highest BCUT2D eigenvalue weighted by Crippen LogP contribution is 2.12. The first-order valence-corrected chi connectivity index (χ1v) is 5.62. The first kappa shape index (κ1) is 11.7. The third-order valence-electron chi connectivity index (χ3n) is 2.68. The van der Waals surface area contributed by atoms with Gasteiger partial charge in [-0.2, -0.15) is 4.98 Å². The molecule has 5 heteroatoms. The summed E-state index contributed by atoms with van der Waals surface area (Å²) in [4.78, 5) is 4.26. The van der Waals surface area contributed by atoms with Gasteiger partial charge in [-0.1, -0.05) is 24.2 Å². The summed E-state index contributed by atoms with van der Waals surface area (Å²) in [6.07, 6.45) is 0.827. The topological polar surface area (TPSA) is 73.9 Å². The summed E-state index contributed by atoms with van der Waals surface area (Å²) in [7, 11) is 0. The lowest BCUT2D eigenvalue weighted by atomic mass is 10.0. The second kappa shape index (κ2) is 4.63. The van der Waals surface area contributed by atoms with Crippen molar-refractivity contribution >= 4 is 11.0 Å². The average Bonchev–Trinajstić information content (AvgIpc) is 2.36. The molecule has 0 saturated heterocycles. The molecule has 0 saturated carbocycles. The van der Waals surface area contributed by atoms with Gasteiger partial charge in [0.05, 0.1) is 5.52 Å². The van der Waals surface area contributed by atoms with Gasteiger partial charge in [-0.15, -0.1) is 5.10 Å². The Morgan fingerprint density at radius 1 is 1.24 bits per heavy atom. The smallest absolute Gasteiger partial charge is 0.336 e. The Balaban J connectivity index is 2.14.